The molecule has 0 aliphatic heterocycles. The highest BCUT2D eigenvalue weighted by Gasteiger charge is 2.23. The summed E-state index contributed by atoms with van der Waals surface area (Å²) in [5, 5.41) is 0. The first-order chi connectivity index (χ1) is 8.35. The Balaban J connectivity index is 2.47. The molecule has 0 radical (unpaired) electrons. The third-order valence-corrected chi connectivity index (χ3v) is 5.78. The maximum atomic E-state index is 11.5. The summed E-state index contributed by atoms with van der Waals surface area (Å²) in [5.41, 5.74) is 1.47. The van der Waals surface area contributed by atoms with E-state index in [2.05, 4.69) is 24.8 Å². The number of nitrogens with zero attached hydrogens (tertiary/aromatic N) is 1. The fraction of sp³-hybridized carbons (Fsp3) is 0.857. The van der Waals surface area contributed by atoms with Gasteiger partial charge in [0.15, 0.2) is 9.84 Å². The molecule has 0 bridgehead atoms. The fourth-order valence-electron chi connectivity index (χ4n) is 2.57. The molecule has 106 valence electrons. The van der Waals surface area contributed by atoms with Gasteiger partial charge in [-0.05, 0) is 38.6 Å². The Kier molecular flexibility index (Phi) is 5.86. The van der Waals surface area contributed by atoms with E-state index in [1.165, 1.54) is 18.4 Å². The van der Waals surface area contributed by atoms with Gasteiger partial charge in [0, 0.05) is 18.8 Å². The summed E-state index contributed by atoms with van der Waals surface area (Å²) in [6, 6.07) is 0. The van der Waals surface area contributed by atoms with E-state index in [0.29, 0.717) is 18.4 Å². The molecule has 0 aromatic carbocycles. The molecule has 3 nitrogen and oxygen atoms in total. The Hall–Kier alpha value is -0.350. The zero-order valence-corrected chi connectivity index (χ0v) is 13.0. The predicted molar refractivity (Wildman–Crippen MR) is 77.5 cm³/mol. The summed E-state index contributed by atoms with van der Waals surface area (Å²) in [6.45, 7) is 7.84. The minimum Gasteiger partial charge on any atom is -0.305 e. The maximum Gasteiger partial charge on any atom is 0.151 e. The van der Waals surface area contributed by atoms with Crippen LogP contribution in [-0.4, -0.2) is 45.0 Å². The molecule has 0 aromatic rings. The summed E-state index contributed by atoms with van der Waals surface area (Å²) < 4.78 is 23.0. The van der Waals surface area contributed by atoms with Crippen molar-refractivity contribution in [2.24, 2.45) is 11.8 Å². The van der Waals surface area contributed by atoms with Crippen molar-refractivity contribution in [3.05, 3.63) is 11.6 Å². The molecule has 0 fully saturated rings. The average Bonchev–Trinajstić information content (AvgIpc) is 2.32. The van der Waals surface area contributed by atoms with E-state index in [-0.39, 0.29) is 11.5 Å². The lowest BCUT2D eigenvalue weighted by Crippen LogP contribution is -2.34. The number of allylic oxidation sites excluding steroid dienone is 1. The molecule has 0 amide bonds. The lowest BCUT2D eigenvalue weighted by Gasteiger charge is -2.32. The quantitative estimate of drug-likeness (QED) is 0.697. The molecule has 0 spiro atoms. The normalized spacial score (nSPS) is 25.3. The largest absolute Gasteiger partial charge is 0.305 e. The zero-order valence-electron chi connectivity index (χ0n) is 12.1. The lowest BCUT2D eigenvalue weighted by molar-refractivity contribution is 0.248. The van der Waals surface area contributed by atoms with Gasteiger partial charge in [-0.1, -0.05) is 25.5 Å². The molecule has 1 aliphatic carbocycles. The topological polar surface area (TPSA) is 37.4 Å². The van der Waals surface area contributed by atoms with Gasteiger partial charge in [0.25, 0.3) is 0 Å². The van der Waals surface area contributed by atoms with Gasteiger partial charge in [-0.2, -0.15) is 0 Å². The van der Waals surface area contributed by atoms with Crippen LogP contribution in [0, 0.1) is 11.8 Å². The van der Waals surface area contributed by atoms with Crippen molar-refractivity contribution in [1.29, 1.82) is 0 Å². The van der Waals surface area contributed by atoms with E-state index in [1.54, 1.807) is 6.92 Å². The second kappa shape index (κ2) is 6.71. The molecule has 2 atom stereocenters. The van der Waals surface area contributed by atoms with E-state index in [0.717, 1.165) is 6.54 Å². The molecule has 0 saturated carbocycles. The molecular weight excluding hydrogens is 246 g/mol. The minimum absolute atomic E-state index is 0.250. The summed E-state index contributed by atoms with van der Waals surface area (Å²) in [5.74, 6) is 1.83. The van der Waals surface area contributed by atoms with Crippen molar-refractivity contribution < 1.29 is 8.42 Å². The van der Waals surface area contributed by atoms with E-state index in [4.69, 9.17) is 0 Å². The summed E-state index contributed by atoms with van der Waals surface area (Å²) in [6.07, 6.45) is 4.78. The van der Waals surface area contributed by atoms with Gasteiger partial charge in [0.2, 0.25) is 0 Å². The number of hydrogen-bond donors (Lipinski definition) is 0. The highest BCUT2D eigenvalue weighted by molar-refractivity contribution is 7.91. The van der Waals surface area contributed by atoms with Crippen LogP contribution in [-0.2, 0) is 9.84 Å². The molecular formula is C14H27NO2S. The van der Waals surface area contributed by atoms with Crippen molar-refractivity contribution in [2.45, 2.75) is 33.6 Å². The van der Waals surface area contributed by atoms with E-state index in [9.17, 15) is 8.42 Å². The van der Waals surface area contributed by atoms with Gasteiger partial charge in [0.05, 0.1) is 5.75 Å². The first-order valence-electron chi connectivity index (χ1n) is 6.91. The summed E-state index contributed by atoms with van der Waals surface area (Å²) in [4.78, 5) is 2.16. The van der Waals surface area contributed by atoms with Crippen molar-refractivity contribution in [1.82, 2.24) is 4.90 Å². The number of hydrogen-bond acceptors (Lipinski definition) is 3. The summed E-state index contributed by atoms with van der Waals surface area (Å²) >= 11 is 0. The van der Waals surface area contributed by atoms with E-state index in [1.807, 2.05) is 7.05 Å². The van der Waals surface area contributed by atoms with E-state index < -0.39 is 9.84 Å². The van der Waals surface area contributed by atoms with Crippen molar-refractivity contribution >= 4 is 9.84 Å². The van der Waals surface area contributed by atoms with Crippen molar-refractivity contribution in [3.63, 3.8) is 0 Å². The smallest absolute Gasteiger partial charge is 0.151 e. The SMILES string of the molecule is CCS(=O)(=O)CCN(C)C[C@@H]1C(C)=CCC[C@H]1C. The van der Waals surface area contributed by atoms with E-state index >= 15 is 0 Å². The van der Waals surface area contributed by atoms with Crippen LogP contribution in [0.2, 0.25) is 0 Å². The lowest BCUT2D eigenvalue weighted by atomic mass is 9.80. The monoisotopic (exact) mass is 273 g/mol. The van der Waals surface area contributed by atoms with Crippen LogP contribution in [0.4, 0.5) is 0 Å². The molecule has 0 heterocycles. The Bertz CT molecular complexity index is 387. The van der Waals surface area contributed by atoms with Gasteiger partial charge in [-0.3, -0.25) is 0 Å². The van der Waals surface area contributed by atoms with Crippen LogP contribution in [0.5, 0.6) is 0 Å². The third kappa shape index (κ3) is 4.73. The standard InChI is InChI=1S/C14H27NO2S/c1-5-18(16,17)10-9-15(4)11-14-12(2)7-6-8-13(14)3/h7,13-14H,5-6,8-11H2,1-4H3/t13-,14-/m1/s1. The van der Waals surface area contributed by atoms with Crippen LogP contribution in [0.25, 0.3) is 0 Å². The van der Waals surface area contributed by atoms with Gasteiger partial charge < -0.3 is 4.90 Å². The van der Waals surface area contributed by atoms with Gasteiger partial charge in [-0.25, -0.2) is 8.42 Å². The van der Waals surface area contributed by atoms with Crippen LogP contribution >= 0.6 is 0 Å². The highest BCUT2D eigenvalue weighted by Crippen LogP contribution is 2.30. The van der Waals surface area contributed by atoms with Crippen LogP contribution in [0.15, 0.2) is 11.6 Å². The molecule has 1 rings (SSSR count). The Morgan fingerprint density at radius 2 is 2.11 bits per heavy atom. The first-order valence-corrected chi connectivity index (χ1v) is 8.73. The fourth-order valence-corrected chi connectivity index (χ4v) is 3.44. The maximum absolute atomic E-state index is 11.5. The second-order valence-electron chi connectivity index (χ2n) is 5.61. The molecule has 0 aromatic heterocycles. The molecule has 18 heavy (non-hydrogen) atoms. The molecule has 0 N–H and O–H groups in total. The molecule has 4 heteroatoms. The van der Waals surface area contributed by atoms with Crippen LogP contribution in [0.3, 0.4) is 0 Å². The van der Waals surface area contributed by atoms with Gasteiger partial charge in [-0.15, -0.1) is 0 Å². The Labute approximate surface area is 112 Å². The van der Waals surface area contributed by atoms with Crippen LogP contribution < -0.4 is 0 Å². The van der Waals surface area contributed by atoms with Gasteiger partial charge >= 0.3 is 0 Å². The first kappa shape index (κ1) is 15.7. The Morgan fingerprint density at radius 3 is 2.67 bits per heavy atom. The van der Waals surface area contributed by atoms with Crippen molar-refractivity contribution in [3.8, 4) is 0 Å². The predicted octanol–water partition coefficient (Wildman–Crippen LogP) is 2.35. The number of rotatable bonds is 6. The third-order valence-electron chi connectivity index (χ3n) is 4.09. The van der Waals surface area contributed by atoms with Gasteiger partial charge in [0.1, 0.15) is 0 Å². The molecule has 0 saturated heterocycles. The zero-order chi connectivity index (χ0) is 13.8. The molecule has 0 unspecified atom stereocenters. The minimum atomic E-state index is -2.84. The Morgan fingerprint density at radius 1 is 1.44 bits per heavy atom. The van der Waals surface area contributed by atoms with Crippen molar-refractivity contribution in [2.75, 3.05) is 31.6 Å². The summed E-state index contributed by atoms with van der Waals surface area (Å²) in [7, 11) is -0.811. The second-order valence-corrected chi connectivity index (χ2v) is 8.08. The highest BCUT2D eigenvalue weighted by atomic mass is 32.2. The van der Waals surface area contributed by atoms with Crippen LogP contribution in [0.1, 0.15) is 33.6 Å². The number of sulfone groups is 1. The molecule has 1 aliphatic rings. The average molecular weight is 273 g/mol.